The van der Waals surface area contributed by atoms with Crippen molar-refractivity contribution in [3.8, 4) is 5.75 Å². The van der Waals surface area contributed by atoms with Gasteiger partial charge in [-0.15, -0.1) is 0 Å². The fraction of sp³-hybridized carbons (Fsp3) is 0.625. The summed E-state index contributed by atoms with van der Waals surface area (Å²) in [6.45, 7) is 0. The third-order valence-corrected chi connectivity index (χ3v) is 4.24. The van der Waals surface area contributed by atoms with E-state index in [2.05, 4.69) is 36.6 Å². The molecule has 0 aliphatic heterocycles. The van der Waals surface area contributed by atoms with E-state index >= 15 is 0 Å². The number of rotatable bonds is 5. The minimum absolute atomic E-state index is 0.733. The molecule has 2 rings (SSSR count). The lowest BCUT2D eigenvalue weighted by molar-refractivity contribution is 0.260. The summed E-state index contributed by atoms with van der Waals surface area (Å²) in [5.74, 6) is 1.80. The molecule has 0 spiro atoms. The molecule has 1 saturated carbocycles. The van der Waals surface area contributed by atoms with E-state index < -0.39 is 0 Å². The molecule has 1 aromatic rings. The molecule has 2 heteroatoms. The number of methoxy groups -OCH3 is 1. The number of aryl methyl sites for hydroxylation is 1. The second-order valence-corrected chi connectivity index (χ2v) is 5.33. The Labute approximate surface area is 111 Å². The number of hydrogen-bond donors (Lipinski definition) is 1. The Morgan fingerprint density at radius 1 is 1.17 bits per heavy atom. The van der Waals surface area contributed by atoms with Crippen LogP contribution < -0.4 is 10.1 Å². The first-order valence-electron chi connectivity index (χ1n) is 7.13. The van der Waals surface area contributed by atoms with Crippen LogP contribution in [0.25, 0.3) is 0 Å². The van der Waals surface area contributed by atoms with Crippen molar-refractivity contribution in [3.63, 3.8) is 0 Å². The van der Waals surface area contributed by atoms with Crippen molar-refractivity contribution < 1.29 is 4.74 Å². The molecule has 2 nitrogen and oxygen atoms in total. The summed E-state index contributed by atoms with van der Waals surface area (Å²) in [7, 11) is 3.82. The summed E-state index contributed by atoms with van der Waals surface area (Å²) in [6.07, 6.45) is 8.03. The zero-order valence-corrected chi connectivity index (χ0v) is 11.6. The highest BCUT2D eigenvalue weighted by Crippen LogP contribution is 2.28. The molecular formula is C16H25NO. The largest absolute Gasteiger partial charge is 0.497 e. The summed E-state index contributed by atoms with van der Waals surface area (Å²) in [5, 5.41) is 3.49. The van der Waals surface area contributed by atoms with Crippen molar-refractivity contribution in [1.82, 2.24) is 5.32 Å². The summed E-state index contributed by atoms with van der Waals surface area (Å²) >= 11 is 0. The molecule has 0 bridgehead atoms. The molecule has 0 saturated heterocycles. The first kappa shape index (κ1) is 13.4. The Kier molecular flexibility index (Phi) is 5.06. The second kappa shape index (κ2) is 6.79. The molecule has 1 aliphatic rings. The fourth-order valence-electron chi connectivity index (χ4n) is 3.08. The van der Waals surface area contributed by atoms with Gasteiger partial charge in [0.05, 0.1) is 7.11 Å². The molecule has 0 heterocycles. The number of hydrogen-bond acceptors (Lipinski definition) is 2. The Morgan fingerprint density at radius 2 is 1.89 bits per heavy atom. The maximum Gasteiger partial charge on any atom is 0.118 e. The molecular weight excluding hydrogens is 222 g/mol. The van der Waals surface area contributed by atoms with Gasteiger partial charge in [0.1, 0.15) is 5.75 Å². The topological polar surface area (TPSA) is 21.3 Å². The summed E-state index contributed by atoms with van der Waals surface area (Å²) in [5.41, 5.74) is 1.43. The maximum atomic E-state index is 5.19. The van der Waals surface area contributed by atoms with Gasteiger partial charge in [0, 0.05) is 6.04 Å². The predicted octanol–water partition coefficient (Wildman–Crippen LogP) is 3.41. The summed E-state index contributed by atoms with van der Waals surface area (Å²) in [6, 6.07) is 9.24. The summed E-state index contributed by atoms with van der Waals surface area (Å²) < 4.78 is 5.19. The van der Waals surface area contributed by atoms with Gasteiger partial charge in [0.25, 0.3) is 0 Å². The smallest absolute Gasteiger partial charge is 0.118 e. The molecule has 2 unspecified atom stereocenters. The zero-order valence-electron chi connectivity index (χ0n) is 11.6. The molecule has 1 aliphatic carbocycles. The number of nitrogens with one attached hydrogen (secondary N) is 1. The first-order valence-corrected chi connectivity index (χ1v) is 7.13. The van der Waals surface area contributed by atoms with Gasteiger partial charge >= 0.3 is 0 Å². The van der Waals surface area contributed by atoms with E-state index in [4.69, 9.17) is 4.74 Å². The molecule has 1 aromatic carbocycles. The average molecular weight is 247 g/mol. The fourth-order valence-corrected chi connectivity index (χ4v) is 3.08. The molecule has 18 heavy (non-hydrogen) atoms. The Bertz CT molecular complexity index is 347. The van der Waals surface area contributed by atoms with Crippen molar-refractivity contribution in [3.05, 3.63) is 29.8 Å². The SMILES string of the molecule is CNC1CCCCC1CCc1ccc(OC)cc1. The minimum atomic E-state index is 0.733. The standard InChI is InChI=1S/C16H25NO/c1-17-16-6-4-3-5-14(16)10-7-13-8-11-15(18-2)12-9-13/h8-9,11-12,14,16-17H,3-7,10H2,1-2H3. The zero-order chi connectivity index (χ0) is 12.8. The molecule has 1 N–H and O–H groups in total. The van der Waals surface area contributed by atoms with Crippen LogP contribution in [-0.4, -0.2) is 20.2 Å². The highest BCUT2D eigenvalue weighted by atomic mass is 16.5. The second-order valence-electron chi connectivity index (χ2n) is 5.33. The average Bonchev–Trinajstić information content (AvgIpc) is 2.46. The van der Waals surface area contributed by atoms with Crippen molar-refractivity contribution >= 4 is 0 Å². The van der Waals surface area contributed by atoms with Gasteiger partial charge < -0.3 is 10.1 Å². The highest BCUT2D eigenvalue weighted by molar-refractivity contribution is 5.27. The molecule has 0 amide bonds. The lowest BCUT2D eigenvalue weighted by atomic mass is 9.81. The van der Waals surface area contributed by atoms with Crippen LogP contribution in [0.2, 0.25) is 0 Å². The van der Waals surface area contributed by atoms with Crippen molar-refractivity contribution in [2.24, 2.45) is 5.92 Å². The van der Waals surface area contributed by atoms with E-state index in [1.54, 1.807) is 7.11 Å². The summed E-state index contributed by atoms with van der Waals surface area (Å²) in [4.78, 5) is 0. The van der Waals surface area contributed by atoms with Gasteiger partial charge in [0.15, 0.2) is 0 Å². The van der Waals surface area contributed by atoms with Gasteiger partial charge in [-0.05, 0) is 56.3 Å². The van der Waals surface area contributed by atoms with Crippen LogP contribution in [0, 0.1) is 5.92 Å². The van der Waals surface area contributed by atoms with E-state index in [-0.39, 0.29) is 0 Å². The quantitative estimate of drug-likeness (QED) is 0.861. The third kappa shape index (κ3) is 3.49. The third-order valence-electron chi connectivity index (χ3n) is 4.24. The van der Waals surface area contributed by atoms with Gasteiger partial charge in [-0.25, -0.2) is 0 Å². The van der Waals surface area contributed by atoms with Crippen LogP contribution in [0.1, 0.15) is 37.7 Å². The van der Waals surface area contributed by atoms with Crippen molar-refractivity contribution in [2.45, 2.75) is 44.6 Å². The first-order chi connectivity index (χ1) is 8.83. The van der Waals surface area contributed by atoms with Crippen LogP contribution in [0.5, 0.6) is 5.75 Å². The van der Waals surface area contributed by atoms with E-state index in [0.717, 1.165) is 17.7 Å². The molecule has 1 fully saturated rings. The predicted molar refractivity (Wildman–Crippen MR) is 76.1 cm³/mol. The van der Waals surface area contributed by atoms with Gasteiger partial charge in [0.2, 0.25) is 0 Å². The normalized spacial score (nSPS) is 23.9. The minimum Gasteiger partial charge on any atom is -0.497 e. The van der Waals surface area contributed by atoms with E-state index in [1.807, 2.05) is 0 Å². The van der Waals surface area contributed by atoms with E-state index in [1.165, 1.54) is 44.1 Å². The van der Waals surface area contributed by atoms with E-state index in [9.17, 15) is 0 Å². The Balaban J connectivity index is 1.85. The molecule has 2 atom stereocenters. The van der Waals surface area contributed by atoms with Crippen molar-refractivity contribution in [2.75, 3.05) is 14.2 Å². The molecule has 0 aromatic heterocycles. The Morgan fingerprint density at radius 3 is 2.56 bits per heavy atom. The maximum absolute atomic E-state index is 5.19. The number of benzene rings is 1. The van der Waals surface area contributed by atoms with E-state index in [0.29, 0.717) is 0 Å². The monoisotopic (exact) mass is 247 g/mol. The lowest BCUT2D eigenvalue weighted by Gasteiger charge is -2.31. The van der Waals surface area contributed by atoms with Crippen LogP contribution in [0.4, 0.5) is 0 Å². The molecule has 0 radical (unpaired) electrons. The molecule has 100 valence electrons. The Hall–Kier alpha value is -1.02. The van der Waals surface area contributed by atoms with Crippen LogP contribution >= 0.6 is 0 Å². The van der Waals surface area contributed by atoms with Crippen LogP contribution in [0.15, 0.2) is 24.3 Å². The van der Waals surface area contributed by atoms with Crippen LogP contribution in [-0.2, 0) is 6.42 Å². The van der Waals surface area contributed by atoms with Gasteiger partial charge in [-0.1, -0.05) is 25.0 Å². The number of ether oxygens (including phenoxy) is 1. The lowest BCUT2D eigenvalue weighted by Crippen LogP contribution is -2.36. The van der Waals surface area contributed by atoms with Gasteiger partial charge in [-0.2, -0.15) is 0 Å². The van der Waals surface area contributed by atoms with Crippen molar-refractivity contribution in [1.29, 1.82) is 0 Å². The van der Waals surface area contributed by atoms with Crippen LogP contribution in [0.3, 0.4) is 0 Å². The van der Waals surface area contributed by atoms with Gasteiger partial charge in [-0.3, -0.25) is 0 Å². The highest BCUT2D eigenvalue weighted by Gasteiger charge is 2.22.